The van der Waals surface area contributed by atoms with Crippen molar-refractivity contribution in [3.05, 3.63) is 75.8 Å². The van der Waals surface area contributed by atoms with E-state index >= 15 is 0 Å². The molecule has 0 amide bonds. The summed E-state index contributed by atoms with van der Waals surface area (Å²) in [5.74, 6) is 0. The van der Waals surface area contributed by atoms with E-state index in [1.807, 2.05) is 24.3 Å². The Morgan fingerprint density at radius 3 is 2.43 bits per heavy atom. The fourth-order valence-corrected chi connectivity index (χ4v) is 2.35. The van der Waals surface area contributed by atoms with Crippen LogP contribution in [-0.2, 0) is 13.0 Å². The maximum absolute atomic E-state index is 11.0. The maximum atomic E-state index is 11.0. The van der Waals surface area contributed by atoms with E-state index in [1.165, 1.54) is 5.56 Å². The molecule has 2 aromatic carbocycles. The third-order valence-corrected chi connectivity index (χ3v) is 3.59. The third kappa shape index (κ3) is 4.39. The van der Waals surface area contributed by atoms with Gasteiger partial charge in [0.2, 0.25) is 0 Å². The fraction of sp³-hybridized carbons (Fsp3) is 0.294. The van der Waals surface area contributed by atoms with Gasteiger partial charge in [-0.25, -0.2) is 0 Å². The Kier molecular flexibility index (Phi) is 5.46. The van der Waals surface area contributed by atoms with Crippen molar-refractivity contribution in [2.24, 2.45) is 0 Å². The molecule has 21 heavy (non-hydrogen) atoms. The number of nitro benzene ring substituents is 1. The molecule has 0 aliphatic heterocycles. The lowest BCUT2D eigenvalue weighted by molar-refractivity contribution is -0.385. The lowest BCUT2D eigenvalue weighted by Crippen LogP contribution is -2.30. The molecule has 0 aromatic heterocycles. The first-order valence-electron chi connectivity index (χ1n) is 7.20. The van der Waals surface area contributed by atoms with Gasteiger partial charge in [-0.05, 0) is 18.4 Å². The van der Waals surface area contributed by atoms with Gasteiger partial charge in [0.1, 0.15) is 0 Å². The molecule has 0 aliphatic carbocycles. The van der Waals surface area contributed by atoms with Crippen molar-refractivity contribution in [1.29, 1.82) is 0 Å². The summed E-state index contributed by atoms with van der Waals surface area (Å²) < 4.78 is 0. The number of nitro groups is 1. The first-order valence-corrected chi connectivity index (χ1v) is 7.20. The van der Waals surface area contributed by atoms with Gasteiger partial charge in [0.25, 0.3) is 5.69 Å². The third-order valence-electron chi connectivity index (χ3n) is 3.59. The molecule has 1 N–H and O–H groups in total. The zero-order valence-electron chi connectivity index (χ0n) is 12.2. The lowest BCUT2D eigenvalue weighted by Gasteiger charge is -2.17. The predicted molar refractivity (Wildman–Crippen MR) is 84.2 cm³/mol. The number of benzene rings is 2. The monoisotopic (exact) mass is 284 g/mol. The molecular formula is C17H20N2O2. The van der Waals surface area contributed by atoms with Crippen molar-refractivity contribution in [1.82, 2.24) is 5.32 Å². The van der Waals surface area contributed by atoms with Crippen molar-refractivity contribution in [2.75, 3.05) is 0 Å². The summed E-state index contributed by atoms with van der Waals surface area (Å²) in [6, 6.07) is 17.5. The van der Waals surface area contributed by atoms with E-state index in [9.17, 15) is 10.1 Å². The van der Waals surface area contributed by atoms with Crippen LogP contribution >= 0.6 is 0 Å². The highest BCUT2D eigenvalue weighted by Crippen LogP contribution is 2.17. The molecule has 0 radical (unpaired) electrons. The number of hydrogen-bond donors (Lipinski definition) is 1. The Labute approximate surface area is 125 Å². The molecule has 0 spiro atoms. The normalized spacial score (nSPS) is 12.0. The van der Waals surface area contributed by atoms with Gasteiger partial charge >= 0.3 is 0 Å². The minimum atomic E-state index is -0.324. The van der Waals surface area contributed by atoms with E-state index in [2.05, 4.69) is 24.4 Å². The van der Waals surface area contributed by atoms with Gasteiger partial charge < -0.3 is 5.32 Å². The van der Waals surface area contributed by atoms with E-state index < -0.39 is 0 Å². The van der Waals surface area contributed by atoms with Gasteiger partial charge in [-0.3, -0.25) is 10.1 Å². The quantitative estimate of drug-likeness (QED) is 0.623. The number of rotatable bonds is 7. The van der Waals surface area contributed by atoms with Crippen LogP contribution in [0.25, 0.3) is 0 Å². The SMILES string of the molecule is CCC(Cc1ccccc1)NCc1ccccc1[N+](=O)[O-]. The summed E-state index contributed by atoms with van der Waals surface area (Å²) in [5.41, 5.74) is 2.19. The highest BCUT2D eigenvalue weighted by molar-refractivity contribution is 5.39. The topological polar surface area (TPSA) is 55.2 Å². The molecule has 0 saturated carbocycles. The number of nitrogens with zero attached hydrogens (tertiary/aromatic N) is 1. The van der Waals surface area contributed by atoms with E-state index in [-0.39, 0.29) is 10.6 Å². The van der Waals surface area contributed by atoms with Crippen LogP contribution in [0.3, 0.4) is 0 Å². The summed E-state index contributed by atoms with van der Waals surface area (Å²) >= 11 is 0. The van der Waals surface area contributed by atoms with Crippen LogP contribution in [0, 0.1) is 10.1 Å². The molecule has 0 heterocycles. The van der Waals surface area contributed by atoms with Crippen LogP contribution in [0.5, 0.6) is 0 Å². The summed E-state index contributed by atoms with van der Waals surface area (Å²) in [5, 5.41) is 14.4. The van der Waals surface area contributed by atoms with E-state index in [0.29, 0.717) is 12.6 Å². The van der Waals surface area contributed by atoms with Gasteiger partial charge in [-0.1, -0.05) is 55.5 Å². The van der Waals surface area contributed by atoms with Crippen molar-refractivity contribution in [3.8, 4) is 0 Å². The van der Waals surface area contributed by atoms with E-state index in [0.717, 1.165) is 18.4 Å². The molecule has 110 valence electrons. The lowest BCUT2D eigenvalue weighted by atomic mass is 10.0. The average molecular weight is 284 g/mol. The van der Waals surface area contributed by atoms with Crippen LogP contribution in [-0.4, -0.2) is 11.0 Å². The molecule has 4 nitrogen and oxygen atoms in total. The average Bonchev–Trinajstić information content (AvgIpc) is 2.52. The summed E-state index contributed by atoms with van der Waals surface area (Å²) in [6.45, 7) is 2.64. The largest absolute Gasteiger partial charge is 0.309 e. The fourth-order valence-electron chi connectivity index (χ4n) is 2.35. The second kappa shape index (κ2) is 7.55. The zero-order chi connectivity index (χ0) is 15.1. The molecule has 2 rings (SSSR count). The molecule has 4 heteroatoms. The summed E-state index contributed by atoms with van der Waals surface area (Å²) in [7, 11) is 0. The van der Waals surface area contributed by atoms with Crippen LogP contribution in [0.1, 0.15) is 24.5 Å². The molecule has 1 atom stereocenters. The van der Waals surface area contributed by atoms with Crippen LogP contribution in [0.15, 0.2) is 54.6 Å². The highest BCUT2D eigenvalue weighted by Gasteiger charge is 2.13. The van der Waals surface area contributed by atoms with Crippen molar-refractivity contribution >= 4 is 5.69 Å². The van der Waals surface area contributed by atoms with Gasteiger partial charge in [-0.15, -0.1) is 0 Å². The van der Waals surface area contributed by atoms with Crippen molar-refractivity contribution in [3.63, 3.8) is 0 Å². The van der Waals surface area contributed by atoms with Crippen molar-refractivity contribution in [2.45, 2.75) is 32.4 Å². The number of nitrogens with one attached hydrogen (secondary N) is 1. The zero-order valence-corrected chi connectivity index (χ0v) is 12.2. The number of hydrogen-bond acceptors (Lipinski definition) is 3. The van der Waals surface area contributed by atoms with Gasteiger partial charge in [0, 0.05) is 24.2 Å². The summed E-state index contributed by atoms with van der Waals surface area (Å²) in [6.07, 6.45) is 1.91. The molecule has 2 aromatic rings. The van der Waals surface area contributed by atoms with Crippen LogP contribution in [0.4, 0.5) is 5.69 Å². The molecule has 1 unspecified atom stereocenters. The summed E-state index contributed by atoms with van der Waals surface area (Å²) in [4.78, 5) is 10.7. The van der Waals surface area contributed by atoms with E-state index in [4.69, 9.17) is 0 Å². The minimum absolute atomic E-state index is 0.180. The van der Waals surface area contributed by atoms with E-state index in [1.54, 1.807) is 18.2 Å². The standard InChI is InChI=1S/C17H20N2O2/c1-2-16(12-14-8-4-3-5-9-14)18-13-15-10-6-7-11-17(15)19(20)21/h3-11,16,18H,2,12-13H2,1H3. The van der Waals surface area contributed by atoms with Crippen LogP contribution < -0.4 is 5.32 Å². The Morgan fingerprint density at radius 2 is 1.76 bits per heavy atom. The van der Waals surface area contributed by atoms with Gasteiger partial charge in [-0.2, -0.15) is 0 Å². The number of para-hydroxylation sites is 1. The molecule has 0 aliphatic rings. The molecule has 0 fully saturated rings. The Morgan fingerprint density at radius 1 is 1.10 bits per heavy atom. The highest BCUT2D eigenvalue weighted by atomic mass is 16.6. The Bertz CT molecular complexity index is 584. The second-order valence-electron chi connectivity index (χ2n) is 5.06. The Balaban J connectivity index is 1.99. The Hall–Kier alpha value is -2.20. The minimum Gasteiger partial charge on any atom is -0.309 e. The van der Waals surface area contributed by atoms with Crippen molar-refractivity contribution < 1.29 is 4.92 Å². The maximum Gasteiger partial charge on any atom is 0.273 e. The second-order valence-corrected chi connectivity index (χ2v) is 5.06. The first kappa shape index (κ1) is 15.2. The molecule has 0 bridgehead atoms. The van der Waals surface area contributed by atoms with Gasteiger partial charge in [0.15, 0.2) is 0 Å². The predicted octanol–water partition coefficient (Wildman–Crippen LogP) is 3.71. The smallest absolute Gasteiger partial charge is 0.273 e. The molecular weight excluding hydrogens is 264 g/mol. The van der Waals surface area contributed by atoms with Crippen LogP contribution in [0.2, 0.25) is 0 Å². The first-order chi connectivity index (χ1) is 10.2. The van der Waals surface area contributed by atoms with Gasteiger partial charge in [0.05, 0.1) is 4.92 Å². The molecule has 0 saturated heterocycles.